The number of nitrogens with one attached hydrogen (secondary N) is 1. The molecule has 0 amide bonds. The minimum atomic E-state index is 0.827. The summed E-state index contributed by atoms with van der Waals surface area (Å²) in [5.41, 5.74) is 4.74. The molecule has 0 unspecified atom stereocenters. The second-order valence-electron chi connectivity index (χ2n) is 4.75. The van der Waals surface area contributed by atoms with E-state index in [9.17, 15) is 0 Å². The van der Waals surface area contributed by atoms with Crippen molar-refractivity contribution in [3.05, 3.63) is 71.9 Å². The number of aryl methyl sites for hydroxylation is 1. The van der Waals surface area contributed by atoms with Gasteiger partial charge in [-0.2, -0.15) is 0 Å². The van der Waals surface area contributed by atoms with Gasteiger partial charge in [-0.25, -0.2) is 0 Å². The van der Waals surface area contributed by atoms with Gasteiger partial charge < -0.3 is 5.32 Å². The Hall–Kier alpha value is -2.35. The van der Waals surface area contributed by atoms with Crippen LogP contribution in [-0.4, -0.2) is 4.98 Å². The molecule has 1 N–H and O–H groups in total. The molecular formula is C17H16N2. The molecule has 0 spiro atoms. The smallest absolute Gasteiger partial charge is 0.0702 e. The van der Waals surface area contributed by atoms with E-state index in [1.165, 1.54) is 16.5 Å². The van der Waals surface area contributed by atoms with Crippen LogP contribution in [0.4, 0.5) is 5.69 Å². The molecule has 94 valence electrons. The Morgan fingerprint density at radius 1 is 1.00 bits per heavy atom. The minimum absolute atomic E-state index is 0.827. The van der Waals surface area contributed by atoms with Gasteiger partial charge >= 0.3 is 0 Å². The molecular weight excluding hydrogens is 232 g/mol. The van der Waals surface area contributed by atoms with Crippen molar-refractivity contribution in [3.8, 4) is 0 Å². The molecule has 2 aromatic carbocycles. The Balaban J connectivity index is 1.76. The topological polar surface area (TPSA) is 24.9 Å². The lowest BCUT2D eigenvalue weighted by molar-refractivity contribution is 1.15. The highest BCUT2D eigenvalue weighted by atomic mass is 14.9. The summed E-state index contributed by atoms with van der Waals surface area (Å²) >= 11 is 0. The lowest BCUT2D eigenvalue weighted by Crippen LogP contribution is -1.99. The van der Waals surface area contributed by atoms with Gasteiger partial charge in [-0.05, 0) is 42.8 Å². The Morgan fingerprint density at radius 2 is 1.84 bits per heavy atom. The third-order valence-electron chi connectivity index (χ3n) is 3.22. The Kier molecular flexibility index (Phi) is 3.15. The first-order valence-electron chi connectivity index (χ1n) is 6.45. The van der Waals surface area contributed by atoms with E-state index in [4.69, 9.17) is 0 Å². The van der Waals surface area contributed by atoms with E-state index in [1.54, 1.807) is 0 Å². The molecule has 3 rings (SSSR count). The largest absolute Gasteiger partial charge is 0.381 e. The van der Waals surface area contributed by atoms with Gasteiger partial charge in [0.05, 0.1) is 5.52 Å². The number of nitrogens with zero attached hydrogens (tertiary/aromatic N) is 1. The Labute approximate surface area is 113 Å². The SMILES string of the molecule is Cc1ccc(NCc2ccc3ncccc3c2)cc1. The maximum absolute atomic E-state index is 4.33. The summed E-state index contributed by atoms with van der Waals surface area (Å²) in [6.45, 7) is 2.92. The normalized spacial score (nSPS) is 10.6. The molecule has 0 atom stereocenters. The Bertz CT molecular complexity index is 687. The average molecular weight is 248 g/mol. The van der Waals surface area contributed by atoms with Crippen molar-refractivity contribution in [2.24, 2.45) is 0 Å². The van der Waals surface area contributed by atoms with Gasteiger partial charge in [-0.15, -0.1) is 0 Å². The molecule has 0 radical (unpaired) electrons. The van der Waals surface area contributed by atoms with E-state index >= 15 is 0 Å². The van der Waals surface area contributed by atoms with Gasteiger partial charge in [0.1, 0.15) is 0 Å². The third-order valence-corrected chi connectivity index (χ3v) is 3.22. The third kappa shape index (κ3) is 2.74. The van der Waals surface area contributed by atoms with Crippen molar-refractivity contribution in [2.75, 3.05) is 5.32 Å². The lowest BCUT2D eigenvalue weighted by atomic mass is 10.1. The second kappa shape index (κ2) is 5.11. The molecule has 0 aliphatic carbocycles. The molecule has 19 heavy (non-hydrogen) atoms. The fourth-order valence-electron chi connectivity index (χ4n) is 2.11. The summed E-state index contributed by atoms with van der Waals surface area (Å²) < 4.78 is 0. The molecule has 0 saturated carbocycles. The first kappa shape index (κ1) is 11.7. The molecule has 0 bridgehead atoms. The summed E-state index contributed by atoms with van der Waals surface area (Å²) in [7, 11) is 0. The number of anilines is 1. The standard InChI is InChI=1S/C17H16N2/c1-13-4-7-16(8-5-13)19-12-14-6-9-17-15(11-14)3-2-10-18-17/h2-11,19H,12H2,1H3. The number of rotatable bonds is 3. The first-order chi connectivity index (χ1) is 9.31. The van der Waals surface area contributed by atoms with Crippen LogP contribution < -0.4 is 5.32 Å². The van der Waals surface area contributed by atoms with Crippen molar-refractivity contribution in [1.82, 2.24) is 4.98 Å². The molecule has 0 saturated heterocycles. The van der Waals surface area contributed by atoms with Crippen molar-refractivity contribution in [1.29, 1.82) is 0 Å². The van der Waals surface area contributed by atoms with E-state index in [-0.39, 0.29) is 0 Å². The van der Waals surface area contributed by atoms with Crippen LogP contribution in [0.5, 0.6) is 0 Å². The van der Waals surface area contributed by atoms with Crippen molar-refractivity contribution < 1.29 is 0 Å². The zero-order valence-electron chi connectivity index (χ0n) is 10.9. The van der Waals surface area contributed by atoms with Crippen LogP contribution >= 0.6 is 0 Å². The zero-order chi connectivity index (χ0) is 13.1. The molecule has 1 aromatic heterocycles. The van der Waals surface area contributed by atoms with Crippen LogP contribution in [0.1, 0.15) is 11.1 Å². The van der Waals surface area contributed by atoms with Crippen LogP contribution in [0.2, 0.25) is 0 Å². The van der Waals surface area contributed by atoms with Crippen molar-refractivity contribution >= 4 is 16.6 Å². The molecule has 0 aliphatic heterocycles. The highest BCUT2D eigenvalue weighted by Crippen LogP contribution is 2.15. The van der Waals surface area contributed by atoms with Crippen LogP contribution in [0.15, 0.2) is 60.8 Å². The maximum atomic E-state index is 4.33. The second-order valence-corrected chi connectivity index (χ2v) is 4.75. The van der Waals surface area contributed by atoms with E-state index in [0.29, 0.717) is 0 Å². The molecule has 3 aromatic rings. The van der Waals surface area contributed by atoms with E-state index in [1.807, 2.05) is 12.3 Å². The summed E-state index contributed by atoms with van der Waals surface area (Å²) in [6, 6.07) is 18.9. The molecule has 1 heterocycles. The van der Waals surface area contributed by atoms with Gasteiger partial charge in [0.15, 0.2) is 0 Å². The van der Waals surface area contributed by atoms with Crippen LogP contribution in [-0.2, 0) is 6.54 Å². The number of pyridine rings is 1. The van der Waals surface area contributed by atoms with Gasteiger partial charge in [0, 0.05) is 23.8 Å². The molecule has 2 nitrogen and oxygen atoms in total. The number of hydrogen-bond acceptors (Lipinski definition) is 2. The minimum Gasteiger partial charge on any atom is -0.381 e. The van der Waals surface area contributed by atoms with E-state index in [0.717, 1.165) is 17.7 Å². The van der Waals surface area contributed by atoms with Crippen LogP contribution in [0.3, 0.4) is 0 Å². The summed E-state index contributed by atoms with van der Waals surface area (Å²) in [5.74, 6) is 0. The lowest BCUT2D eigenvalue weighted by Gasteiger charge is -2.07. The summed E-state index contributed by atoms with van der Waals surface area (Å²) in [5, 5.41) is 4.62. The van der Waals surface area contributed by atoms with Gasteiger partial charge in [0.25, 0.3) is 0 Å². The fraction of sp³-hybridized carbons (Fsp3) is 0.118. The van der Waals surface area contributed by atoms with Crippen molar-refractivity contribution in [2.45, 2.75) is 13.5 Å². The predicted molar refractivity (Wildman–Crippen MR) is 80.2 cm³/mol. The van der Waals surface area contributed by atoms with Gasteiger partial charge in [-0.1, -0.05) is 29.8 Å². The highest BCUT2D eigenvalue weighted by molar-refractivity contribution is 5.78. The van der Waals surface area contributed by atoms with E-state index in [2.05, 4.69) is 65.8 Å². The van der Waals surface area contributed by atoms with E-state index < -0.39 is 0 Å². The monoisotopic (exact) mass is 248 g/mol. The highest BCUT2D eigenvalue weighted by Gasteiger charge is 1.97. The van der Waals surface area contributed by atoms with Gasteiger partial charge in [0.2, 0.25) is 0 Å². The average Bonchev–Trinajstić information content (AvgIpc) is 2.46. The number of aromatic nitrogens is 1. The predicted octanol–water partition coefficient (Wildman–Crippen LogP) is 4.16. The van der Waals surface area contributed by atoms with Crippen molar-refractivity contribution in [3.63, 3.8) is 0 Å². The summed E-state index contributed by atoms with van der Waals surface area (Å²) in [4.78, 5) is 4.33. The molecule has 0 aliphatic rings. The Morgan fingerprint density at radius 3 is 2.68 bits per heavy atom. The van der Waals surface area contributed by atoms with Gasteiger partial charge in [-0.3, -0.25) is 4.98 Å². The maximum Gasteiger partial charge on any atom is 0.0702 e. The van der Waals surface area contributed by atoms with Crippen LogP contribution in [0.25, 0.3) is 10.9 Å². The number of fused-ring (bicyclic) bond motifs is 1. The quantitative estimate of drug-likeness (QED) is 0.753. The molecule has 0 fully saturated rings. The first-order valence-corrected chi connectivity index (χ1v) is 6.45. The van der Waals surface area contributed by atoms with Crippen LogP contribution in [0, 0.1) is 6.92 Å². The molecule has 2 heteroatoms. The zero-order valence-corrected chi connectivity index (χ0v) is 10.9. The fourth-order valence-corrected chi connectivity index (χ4v) is 2.11. The number of benzene rings is 2. The number of hydrogen-bond donors (Lipinski definition) is 1. The summed E-state index contributed by atoms with van der Waals surface area (Å²) in [6.07, 6.45) is 1.83.